The Morgan fingerprint density at radius 3 is 3.22 bits per heavy atom. The molecule has 0 saturated carbocycles. The lowest BCUT2D eigenvalue weighted by Crippen LogP contribution is -2.02. The summed E-state index contributed by atoms with van der Waals surface area (Å²) in [6.07, 6.45) is 1.82. The molecule has 18 heavy (non-hydrogen) atoms. The molecule has 2 aromatic heterocycles. The van der Waals surface area contributed by atoms with Gasteiger partial charge in [-0.2, -0.15) is 5.10 Å². The Labute approximate surface area is 106 Å². The Morgan fingerprint density at radius 1 is 1.50 bits per heavy atom. The van der Waals surface area contributed by atoms with Gasteiger partial charge in [-0.25, -0.2) is 4.98 Å². The molecule has 0 spiro atoms. The van der Waals surface area contributed by atoms with E-state index in [1.165, 1.54) is 0 Å². The Hall–Kier alpha value is -2.11. The molecule has 0 radical (unpaired) electrons. The molecule has 0 amide bonds. The third kappa shape index (κ3) is 1.70. The number of aryl methyl sites for hydroxylation is 1. The van der Waals surface area contributed by atoms with Gasteiger partial charge in [0.2, 0.25) is 0 Å². The number of nitrogens with zero attached hydrogens (tertiary/aromatic N) is 6. The molecule has 7 heteroatoms. The van der Waals surface area contributed by atoms with Crippen molar-refractivity contribution in [2.75, 3.05) is 6.54 Å². The molecule has 3 rings (SSSR count). The minimum atomic E-state index is 0.396. The van der Waals surface area contributed by atoms with Crippen molar-refractivity contribution in [2.24, 2.45) is 5.11 Å². The third-order valence-corrected chi connectivity index (χ3v) is 3.68. The molecule has 0 atom stereocenters. The standard InChI is InChI=1S/C11H10N6S/c1-7-15-10-9(18-7)3-2-8-6-14-17(11(8)10)5-4-13-16-12/h2-3,6H,4-5H2,1H3. The summed E-state index contributed by atoms with van der Waals surface area (Å²) in [5.41, 5.74) is 10.3. The highest BCUT2D eigenvalue weighted by molar-refractivity contribution is 7.18. The zero-order valence-electron chi connectivity index (χ0n) is 9.74. The van der Waals surface area contributed by atoms with E-state index in [1.807, 2.05) is 23.9 Å². The van der Waals surface area contributed by atoms with Crippen molar-refractivity contribution in [3.63, 3.8) is 0 Å². The quantitative estimate of drug-likeness (QED) is 0.410. The molecule has 90 valence electrons. The molecule has 2 heterocycles. The molecule has 3 aromatic rings. The maximum Gasteiger partial charge on any atom is 0.107 e. The van der Waals surface area contributed by atoms with Crippen molar-refractivity contribution in [2.45, 2.75) is 13.5 Å². The number of hydrogen-bond acceptors (Lipinski definition) is 4. The summed E-state index contributed by atoms with van der Waals surface area (Å²) in [5, 5.41) is 9.97. The van der Waals surface area contributed by atoms with Crippen molar-refractivity contribution in [1.82, 2.24) is 14.8 Å². The van der Waals surface area contributed by atoms with E-state index < -0.39 is 0 Å². The number of benzene rings is 1. The summed E-state index contributed by atoms with van der Waals surface area (Å²) in [5.74, 6) is 0. The van der Waals surface area contributed by atoms with Crippen molar-refractivity contribution in [3.05, 3.63) is 33.8 Å². The molecular formula is C11H10N6S. The van der Waals surface area contributed by atoms with Crippen LogP contribution in [0.3, 0.4) is 0 Å². The van der Waals surface area contributed by atoms with Crippen LogP contribution in [0.25, 0.3) is 31.6 Å². The van der Waals surface area contributed by atoms with Crippen LogP contribution < -0.4 is 0 Å². The molecule has 0 bridgehead atoms. The fraction of sp³-hybridized carbons (Fsp3) is 0.273. The molecule has 0 aliphatic heterocycles. The van der Waals surface area contributed by atoms with E-state index in [0.29, 0.717) is 13.1 Å². The van der Waals surface area contributed by atoms with E-state index in [2.05, 4.69) is 26.2 Å². The highest BCUT2D eigenvalue weighted by Crippen LogP contribution is 2.28. The van der Waals surface area contributed by atoms with E-state index in [4.69, 9.17) is 5.53 Å². The van der Waals surface area contributed by atoms with Crippen molar-refractivity contribution in [1.29, 1.82) is 0 Å². The van der Waals surface area contributed by atoms with Crippen LogP contribution in [0.2, 0.25) is 0 Å². The second-order valence-electron chi connectivity index (χ2n) is 3.91. The Morgan fingerprint density at radius 2 is 2.39 bits per heavy atom. The van der Waals surface area contributed by atoms with Gasteiger partial charge in [0.05, 0.1) is 21.4 Å². The molecule has 0 aliphatic carbocycles. The second kappa shape index (κ2) is 4.29. The van der Waals surface area contributed by atoms with Crippen molar-refractivity contribution < 1.29 is 0 Å². The maximum atomic E-state index is 8.30. The van der Waals surface area contributed by atoms with E-state index in [9.17, 15) is 0 Å². The van der Waals surface area contributed by atoms with Crippen LogP contribution >= 0.6 is 11.3 Å². The predicted octanol–water partition coefficient (Wildman–Crippen LogP) is 3.26. The molecule has 0 N–H and O–H groups in total. The minimum Gasteiger partial charge on any atom is -0.262 e. The lowest BCUT2D eigenvalue weighted by Gasteiger charge is -2.00. The van der Waals surface area contributed by atoms with Crippen molar-refractivity contribution in [3.8, 4) is 0 Å². The maximum absolute atomic E-state index is 8.30. The van der Waals surface area contributed by atoms with Gasteiger partial charge in [0, 0.05) is 23.4 Å². The average molecular weight is 258 g/mol. The molecule has 0 aliphatic rings. The fourth-order valence-electron chi connectivity index (χ4n) is 2.03. The zero-order chi connectivity index (χ0) is 12.5. The second-order valence-corrected chi connectivity index (χ2v) is 5.14. The normalized spacial score (nSPS) is 10.9. The van der Waals surface area contributed by atoms with E-state index in [-0.39, 0.29) is 0 Å². The van der Waals surface area contributed by atoms with Crippen LogP contribution in [0, 0.1) is 6.92 Å². The first-order chi connectivity index (χ1) is 8.79. The van der Waals surface area contributed by atoms with Gasteiger partial charge < -0.3 is 0 Å². The summed E-state index contributed by atoms with van der Waals surface area (Å²) in [4.78, 5) is 7.31. The third-order valence-electron chi connectivity index (χ3n) is 2.74. The first-order valence-corrected chi connectivity index (χ1v) is 6.34. The number of rotatable bonds is 3. The molecule has 0 unspecified atom stereocenters. The summed E-state index contributed by atoms with van der Waals surface area (Å²) < 4.78 is 3.01. The number of thiazole rings is 1. The molecular weight excluding hydrogens is 248 g/mol. The topological polar surface area (TPSA) is 79.5 Å². The van der Waals surface area contributed by atoms with Crippen LogP contribution in [0.5, 0.6) is 0 Å². The highest BCUT2D eigenvalue weighted by Gasteiger charge is 2.10. The molecule has 0 fully saturated rings. The van der Waals surface area contributed by atoms with Gasteiger partial charge >= 0.3 is 0 Å². The van der Waals surface area contributed by atoms with Gasteiger partial charge in [-0.15, -0.1) is 11.3 Å². The Kier molecular flexibility index (Phi) is 2.62. The van der Waals surface area contributed by atoms with E-state index in [0.717, 1.165) is 26.1 Å². The molecule has 0 saturated heterocycles. The van der Waals surface area contributed by atoms with Crippen LogP contribution in [-0.2, 0) is 6.54 Å². The largest absolute Gasteiger partial charge is 0.262 e. The van der Waals surface area contributed by atoms with Gasteiger partial charge in [-0.1, -0.05) is 5.11 Å². The summed E-state index contributed by atoms with van der Waals surface area (Å²) in [6.45, 7) is 2.97. The lowest BCUT2D eigenvalue weighted by atomic mass is 10.2. The van der Waals surface area contributed by atoms with E-state index in [1.54, 1.807) is 11.3 Å². The fourth-order valence-corrected chi connectivity index (χ4v) is 2.86. The van der Waals surface area contributed by atoms with Gasteiger partial charge in [0.1, 0.15) is 5.52 Å². The summed E-state index contributed by atoms with van der Waals surface area (Å²) in [6, 6.07) is 4.12. The van der Waals surface area contributed by atoms with Crippen molar-refractivity contribution >= 4 is 32.5 Å². The lowest BCUT2D eigenvalue weighted by molar-refractivity contribution is 0.645. The van der Waals surface area contributed by atoms with Crippen LogP contribution in [0.4, 0.5) is 0 Å². The zero-order valence-corrected chi connectivity index (χ0v) is 10.6. The van der Waals surface area contributed by atoms with Crippen LogP contribution in [-0.4, -0.2) is 21.3 Å². The first-order valence-electron chi connectivity index (χ1n) is 5.52. The SMILES string of the molecule is Cc1nc2c(ccc3cnn(CCN=[N+]=[N-])c32)s1. The first kappa shape index (κ1) is 11.0. The van der Waals surface area contributed by atoms with Gasteiger partial charge in [0.15, 0.2) is 0 Å². The smallest absolute Gasteiger partial charge is 0.107 e. The monoisotopic (exact) mass is 258 g/mol. The van der Waals surface area contributed by atoms with E-state index >= 15 is 0 Å². The van der Waals surface area contributed by atoms with Crippen LogP contribution in [0.15, 0.2) is 23.4 Å². The number of aromatic nitrogens is 3. The van der Waals surface area contributed by atoms with Gasteiger partial charge in [0.25, 0.3) is 0 Å². The highest BCUT2D eigenvalue weighted by atomic mass is 32.1. The summed E-state index contributed by atoms with van der Waals surface area (Å²) >= 11 is 1.67. The summed E-state index contributed by atoms with van der Waals surface area (Å²) in [7, 11) is 0. The average Bonchev–Trinajstić information content (AvgIpc) is 2.91. The number of azide groups is 1. The molecule has 1 aromatic carbocycles. The number of fused-ring (bicyclic) bond motifs is 3. The minimum absolute atomic E-state index is 0.396. The Bertz CT molecular complexity index is 764. The predicted molar refractivity (Wildman–Crippen MR) is 71.7 cm³/mol. The Balaban J connectivity index is 2.19. The number of hydrogen-bond donors (Lipinski definition) is 0. The van der Waals surface area contributed by atoms with Gasteiger partial charge in [-0.05, 0) is 24.6 Å². The molecule has 6 nitrogen and oxygen atoms in total. The van der Waals surface area contributed by atoms with Crippen LogP contribution in [0.1, 0.15) is 5.01 Å². The van der Waals surface area contributed by atoms with Gasteiger partial charge in [-0.3, -0.25) is 4.68 Å².